The molecule has 0 unspecified atom stereocenters. The molecule has 0 fully saturated rings. The number of ether oxygens (including phenoxy) is 3. The van der Waals surface area contributed by atoms with Crippen LogP contribution < -0.4 is 15.6 Å². The van der Waals surface area contributed by atoms with Gasteiger partial charge in [-0.15, -0.1) is 0 Å². The van der Waals surface area contributed by atoms with E-state index in [2.05, 4.69) is 20.9 Å². The van der Waals surface area contributed by atoms with E-state index in [1.54, 1.807) is 81.4 Å². The molecule has 248 valence electrons. The quantitative estimate of drug-likeness (QED) is 0.0470. The topological polar surface area (TPSA) is 167 Å². The third-order valence-corrected chi connectivity index (χ3v) is 7.19. The highest BCUT2D eigenvalue weighted by atomic mass is 19.1. The Morgan fingerprint density at radius 3 is 2.51 bits per heavy atom. The number of benzene rings is 3. The van der Waals surface area contributed by atoms with Gasteiger partial charge in [-0.3, -0.25) is 15.0 Å². The van der Waals surface area contributed by atoms with E-state index in [1.807, 2.05) is 0 Å². The second-order valence-corrected chi connectivity index (χ2v) is 11.9. The fraction of sp³-hybridized carbons (Fsp3) is 0.382. The molecule has 4 rings (SSSR count). The first-order valence-corrected chi connectivity index (χ1v) is 15.3. The summed E-state index contributed by atoms with van der Waals surface area (Å²) in [5, 5.41) is 12.9. The molecule has 3 N–H and O–H groups in total. The number of esters is 1. The summed E-state index contributed by atoms with van der Waals surface area (Å²) >= 11 is 0. The van der Waals surface area contributed by atoms with Gasteiger partial charge in [0.25, 0.3) is 5.91 Å². The first kappa shape index (κ1) is 34.9. The minimum Gasteiger partial charge on any atom is -0.494 e. The van der Waals surface area contributed by atoms with Crippen molar-refractivity contribution < 1.29 is 33.3 Å². The van der Waals surface area contributed by atoms with Crippen LogP contribution in [0, 0.1) is 5.82 Å². The molecule has 0 aliphatic carbocycles. The third-order valence-electron chi connectivity index (χ3n) is 7.19. The molecule has 1 aliphatic rings. The highest BCUT2D eigenvalue weighted by Crippen LogP contribution is 2.46. The molecule has 0 saturated heterocycles. The largest absolute Gasteiger partial charge is 0.494 e. The van der Waals surface area contributed by atoms with Crippen molar-refractivity contribution >= 4 is 23.5 Å². The van der Waals surface area contributed by atoms with Crippen molar-refractivity contribution in [2.24, 2.45) is 10.1 Å². The van der Waals surface area contributed by atoms with E-state index >= 15 is 0 Å². The molecule has 13 heteroatoms. The average Bonchev–Trinajstić information content (AvgIpc) is 3.44. The van der Waals surface area contributed by atoms with Crippen LogP contribution in [0.5, 0.6) is 5.75 Å². The van der Waals surface area contributed by atoms with Gasteiger partial charge in [0, 0.05) is 47.7 Å². The SMILES string of the molecule is CC(C)(C)OC(=O)CC[C@]1(C(=O)NNCCc2ccc(F)cc2)N=C(c2ccc(OCCCO)cc2)O[C@H]1c1ccccc1N=[N+]=[N-]. The van der Waals surface area contributed by atoms with Crippen molar-refractivity contribution in [2.75, 3.05) is 19.8 Å². The molecular weight excluding hydrogens is 607 g/mol. The first-order valence-electron chi connectivity index (χ1n) is 15.3. The Bertz CT molecular complexity index is 1600. The number of nitrogens with one attached hydrogen (secondary N) is 2. The fourth-order valence-corrected chi connectivity index (χ4v) is 4.99. The number of aliphatic hydroxyl groups is 1. The Morgan fingerprint density at radius 2 is 1.83 bits per heavy atom. The molecule has 3 aromatic rings. The summed E-state index contributed by atoms with van der Waals surface area (Å²) in [5.41, 5.74) is 14.5. The molecule has 0 aromatic heterocycles. The molecule has 3 aromatic carbocycles. The molecule has 2 atom stereocenters. The standard InChI is InChI=1S/C34H39FN6O6/c1-33(2,3)47-29(43)17-19-34(32(44)40-37-20-18-23-9-13-25(35)14-10-23)30(27-7-4-5-8-28(27)39-41-36)46-31(38-34)24-11-15-26(16-12-24)45-22-6-21-42/h4-5,7-16,30,37,42H,6,17-22H2,1-3H3,(H,40,44)/t30-,34-/m0/s1. The van der Waals surface area contributed by atoms with Crippen LogP contribution in [-0.2, 0) is 25.5 Å². The third kappa shape index (κ3) is 9.52. The van der Waals surface area contributed by atoms with Crippen LogP contribution >= 0.6 is 0 Å². The Balaban J connectivity index is 1.70. The summed E-state index contributed by atoms with van der Waals surface area (Å²) in [6, 6.07) is 19.7. The highest BCUT2D eigenvalue weighted by molar-refractivity contribution is 6.01. The maximum atomic E-state index is 14.2. The van der Waals surface area contributed by atoms with Crippen molar-refractivity contribution in [2.45, 2.75) is 63.7 Å². The monoisotopic (exact) mass is 646 g/mol. The number of hydrogen-bond acceptors (Lipinski definition) is 9. The number of aliphatic imine (C=N–C) groups is 1. The van der Waals surface area contributed by atoms with Crippen LogP contribution in [0.1, 0.15) is 62.8 Å². The van der Waals surface area contributed by atoms with Gasteiger partial charge in [0.1, 0.15) is 17.2 Å². The molecule has 0 spiro atoms. The van der Waals surface area contributed by atoms with Crippen molar-refractivity contribution in [3.8, 4) is 5.75 Å². The second-order valence-electron chi connectivity index (χ2n) is 11.9. The van der Waals surface area contributed by atoms with Crippen LogP contribution in [0.25, 0.3) is 10.4 Å². The maximum absolute atomic E-state index is 14.2. The molecule has 1 amide bonds. The number of nitrogens with zero attached hydrogens (tertiary/aromatic N) is 4. The second kappa shape index (κ2) is 16.0. The summed E-state index contributed by atoms with van der Waals surface area (Å²) in [5.74, 6) is -0.736. The molecular formula is C34H39FN6O6. The molecule has 0 bridgehead atoms. The van der Waals surface area contributed by atoms with Crippen LogP contribution in [0.3, 0.4) is 0 Å². The van der Waals surface area contributed by atoms with Gasteiger partial charge >= 0.3 is 5.97 Å². The van der Waals surface area contributed by atoms with E-state index in [-0.39, 0.29) is 36.9 Å². The van der Waals surface area contributed by atoms with Crippen molar-refractivity contribution in [3.05, 3.63) is 106 Å². The number of rotatable bonds is 15. The van der Waals surface area contributed by atoms with E-state index in [1.165, 1.54) is 12.1 Å². The van der Waals surface area contributed by atoms with E-state index < -0.39 is 29.1 Å². The zero-order valence-electron chi connectivity index (χ0n) is 26.6. The van der Waals surface area contributed by atoms with E-state index in [4.69, 9.17) is 24.3 Å². The van der Waals surface area contributed by atoms with Gasteiger partial charge in [-0.2, -0.15) is 0 Å². The number of carbonyl (C=O) groups is 2. The predicted octanol–water partition coefficient (Wildman–Crippen LogP) is 5.77. The van der Waals surface area contributed by atoms with Gasteiger partial charge in [0.15, 0.2) is 11.6 Å². The van der Waals surface area contributed by atoms with Gasteiger partial charge in [0.05, 0.1) is 6.61 Å². The van der Waals surface area contributed by atoms with Gasteiger partial charge in [-0.05, 0) is 81.1 Å². The summed E-state index contributed by atoms with van der Waals surface area (Å²) < 4.78 is 31.0. The van der Waals surface area contributed by atoms with Crippen molar-refractivity contribution in [3.63, 3.8) is 0 Å². The summed E-state index contributed by atoms with van der Waals surface area (Å²) in [7, 11) is 0. The summed E-state index contributed by atoms with van der Waals surface area (Å²) in [6.07, 6.45) is -0.392. The molecule has 1 heterocycles. The Morgan fingerprint density at radius 1 is 1.11 bits per heavy atom. The van der Waals surface area contributed by atoms with Crippen LogP contribution in [0.4, 0.5) is 10.1 Å². The lowest BCUT2D eigenvalue weighted by atomic mass is 9.83. The molecule has 0 radical (unpaired) electrons. The molecule has 1 aliphatic heterocycles. The van der Waals surface area contributed by atoms with Crippen LogP contribution in [0.2, 0.25) is 0 Å². The van der Waals surface area contributed by atoms with Crippen LogP contribution in [-0.4, -0.2) is 53.8 Å². The van der Waals surface area contributed by atoms with Crippen molar-refractivity contribution in [1.29, 1.82) is 0 Å². The highest BCUT2D eigenvalue weighted by Gasteiger charge is 2.54. The summed E-state index contributed by atoms with van der Waals surface area (Å²) in [4.78, 5) is 35.0. The lowest BCUT2D eigenvalue weighted by Crippen LogP contribution is -2.53. The van der Waals surface area contributed by atoms with E-state index in [9.17, 15) is 19.5 Å². The van der Waals surface area contributed by atoms with E-state index in [0.29, 0.717) is 42.9 Å². The Hall–Kier alpha value is -4.97. The number of amides is 1. The Labute approximate surface area is 272 Å². The lowest BCUT2D eigenvalue weighted by molar-refractivity contribution is -0.155. The summed E-state index contributed by atoms with van der Waals surface area (Å²) in [6.45, 7) is 5.93. The smallest absolute Gasteiger partial charge is 0.306 e. The number of azide groups is 1. The number of halogens is 1. The predicted molar refractivity (Wildman–Crippen MR) is 173 cm³/mol. The number of hydrazine groups is 1. The molecule has 12 nitrogen and oxygen atoms in total. The normalized spacial score (nSPS) is 17.2. The van der Waals surface area contributed by atoms with Crippen molar-refractivity contribution in [1.82, 2.24) is 10.9 Å². The zero-order valence-corrected chi connectivity index (χ0v) is 26.6. The van der Waals surface area contributed by atoms with Gasteiger partial charge in [-0.25, -0.2) is 14.8 Å². The van der Waals surface area contributed by atoms with Gasteiger partial charge in [-0.1, -0.05) is 41.5 Å². The average molecular weight is 647 g/mol. The number of aliphatic hydroxyl groups excluding tert-OH is 1. The molecule has 47 heavy (non-hydrogen) atoms. The number of carbonyl (C=O) groups excluding carboxylic acids is 2. The minimum atomic E-state index is -1.70. The van der Waals surface area contributed by atoms with Gasteiger partial charge < -0.3 is 19.3 Å². The Kier molecular flexibility index (Phi) is 11.9. The fourth-order valence-electron chi connectivity index (χ4n) is 4.99. The van der Waals surface area contributed by atoms with Gasteiger partial charge in [0.2, 0.25) is 5.90 Å². The maximum Gasteiger partial charge on any atom is 0.306 e. The lowest BCUT2D eigenvalue weighted by Gasteiger charge is -2.31. The van der Waals surface area contributed by atoms with E-state index in [0.717, 1.165) is 5.56 Å². The van der Waals surface area contributed by atoms with Crippen LogP contribution in [0.15, 0.2) is 82.9 Å². The minimum absolute atomic E-state index is 0.00990. The first-order chi connectivity index (χ1) is 22.5. The zero-order chi connectivity index (χ0) is 33.9. The number of hydrogen-bond donors (Lipinski definition) is 3. The molecule has 0 saturated carbocycles.